The number of benzene rings is 1. The van der Waals surface area contributed by atoms with Crippen molar-refractivity contribution >= 4 is 27.8 Å². The maximum Gasteiger partial charge on any atom is 0.343 e. The molecule has 1 amide bonds. The van der Waals surface area contributed by atoms with Gasteiger partial charge in [0, 0.05) is 18.5 Å². The second-order valence-electron chi connectivity index (χ2n) is 4.94. The molecule has 0 bridgehead atoms. The van der Waals surface area contributed by atoms with Gasteiger partial charge in [-0.25, -0.2) is 9.18 Å². The number of carbonyl (C=O) groups is 2. The largest absolute Gasteiger partial charge is 0.493 e. The van der Waals surface area contributed by atoms with E-state index in [-0.39, 0.29) is 18.5 Å². The maximum atomic E-state index is 14.1. The SMILES string of the molecule is COc1cc(C(=O)N2CCC(F)(C(=O)O)C2)cc(Br)c1OC. The van der Waals surface area contributed by atoms with E-state index < -0.39 is 24.1 Å². The van der Waals surface area contributed by atoms with Crippen molar-refractivity contribution in [2.45, 2.75) is 12.1 Å². The number of carboxylic acids is 1. The van der Waals surface area contributed by atoms with Crippen LogP contribution in [0.3, 0.4) is 0 Å². The quantitative estimate of drug-likeness (QED) is 0.871. The van der Waals surface area contributed by atoms with Gasteiger partial charge >= 0.3 is 5.97 Å². The smallest absolute Gasteiger partial charge is 0.343 e. The Morgan fingerprint density at radius 2 is 2.05 bits per heavy atom. The highest BCUT2D eigenvalue weighted by Crippen LogP contribution is 2.37. The number of aliphatic carboxylic acids is 1. The summed E-state index contributed by atoms with van der Waals surface area (Å²) in [4.78, 5) is 24.5. The van der Waals surface area contributed by atoms with Gasteiger partial charge in [0.1, 0.15) is 0 Å². The van der Waals surface area contributed by atoms with Crippen molar-refractivity contribution in [3.8, 4) is 11.5 Å². The normalized spacial score (nSPS) is 20.8. The minimum Gasteiger partial charge on any atom is -0.493 e. The maximum absolute atomic E-state index is 14.1. The number of hydrogen-bond acceptors (Lipinski definition) is 4. The van der Waals surface area contributed by atoms with Crippen molar-refractivity contribution in [3.05, 3.63) is 22.2 Å². The second-order valence-corrected chi connectivity index (χ2v) is 5.80. The first-order chi connectivity index (χ1) is 10.3. The Hall–Kier alpha value is -1.83. The minimum absolute atomic E-state index is 0.0492. The van der Waals surface area contributed by atoms with Gasteiger partial charge in [0.05, 0.1) is 25.2 Å². The number of rotatable bonds is 4. The number of hydrogen-bond donors (Lipinski definition) is 1. The Morgan fingerprint density at radius 3 is 2.55 bits per heavy atom. The minimum atomic E-state index is -2.39. The van der Waals surface area contributed by atoms with Crippen LogP contribution in [0.2, 0.25) is 0 Å². The Balaban J connectivity index is 2.28. The number of ether oxygens (including phenoxy) is 2. The number of amides is 1. The first-order valence-electron chi connectivity index (χ1n) is 6.45. The number of halogens is 2. The van der Waals surface area contributed by atoms with E-state index >= 15 is 0 Å². The van der Waals surface area contributed by atoms with Crippen LogP contribution < -0.4 is 9.47 Å². The third-order valence-corrected chi connectivity index (χ3v) is 4.16. The molecule has 1 atom stereocenters. The van der Waals surface area contributed by atoms with Crippen LogP contribution in [-0.2, 0) is 4.79 Å². The summed E-state index contributed by atoms with van der Waals surface area (Å²) in [5.41, 5.74) is -2.12. The van der Waals surface area contributed by atoms with Crippen LogP contribution >= 0.6 is 15.9 Å². The van der Waals surface area contributed by atoms with Crippen LogP contribution in [0.1, 0.15) is 16.8 Å². The summed E-state index contributed by atoms with van der Waals surface area (Å²) in [6, 6.07) is 3.01. The summed E-state index contributed by atoms with van der Waals surface area (Å²) in [5, 5.41) is 8.88. The van der Waals surface area contributed by atoms with E-state index in [1.165, 1.54) is 31.3 Å². The molecular formula is C14H15BrFNO5. The second kappa shape index (κ2) is 6.12. The fraction of sp³-hybridized carbons (Fsp3) is 0.429. The molecule has 120 valence electrons. The van der Waals surface area contributed by atoms with Gasteiger partial charge in [-0.15, -0.1) is 0 Å². The van der Waals surface area contributed by atoms with Crippen molar-refractivity contribution < 1.29 is 28.6 Å². The highest BCUT2D eigenvalue weighted by Gasteiger charge is 2.47. The monoisotopic (exact) mass is 375 g/mol. The molecule has 8 heteroatoms. The standard InChI is InChI=1S/C14H15BrFNO5/c1-21-10-6-8(5-9(15)11(10)22-2)12(18)17-4-3-14(16,7-17)13(19)20/h5-6H,3-4,7H2,1-2H3,(H,19,20). The molecule has 6 nitrogen and oxygen atoms in total. The lowest BCUT2D eigenvalue weighted by Crippen LogP contribution is -2.38. The van der Waals surface area contributed by atoms with Crippen LogP contribution in [-0.4, -0.2) is 54.9 Å². The molecule has 1 aliphatic heterocycles. The van der Waals surface area contributed by atoms with Crippen molar-refractivity contribution in [3.63, 3.8) is 0 Å². The molecule has 0 aliphatic carbocycles. The molecule has 1 aliphatic rings. The van der Waals surface area contributed by atoms with Crippen LogP contribution in [0.15, 0.2) is 16.6 Å². The number of carbonyl (C=O) groups excluding carboxylic acids is 1. The first-order valence-corrected chi connectivity index (χ1v) is 7.25. The molecule has 1 N–H and O–H groups in total. The Bertz CT molecular complexity index is 623. The zero-order valence-electron chi connectivity index (χ0n) is 12.1. The molecule has 22 heavy (non-hydrogen) atoms. The molecule has 2 rings (SSSR count). The van der Waals surface area contributed by atoms with Crippen LogP contribution in [0.4, 0.5) is 4.39 Å². The molecule has 0 saturated carbocycles. The number of likely N-dealkylation sites (tertiary alicyclic amines) is 1. The fourth-order valence-corrected chi connectivity index (χ4v) is 2.95. The van der Waals surface area contributed by atoms with Crippen molar-refractivity contribution in [2.75, 3.05) is 27.3 Å². The Kier molecular flexibility index (Phi) is 4.60. The van der Waals surface area contributed by atoms with E-state index in [4.69, 9.17) is 14.6 Å². The molecule has 0 aromatic heterocycles. The average Bonchev–Trinajstić information content (AvgIpc) is 2.89. The van der Waals surface area contributed by atoms with Crippen LogP contribution in [0.5, 0.6) is 11.5 Å². The highest BCUT2D eigenvalue weighted by atomic mass is 79.9. The summed E-state index contributed by atoms with van der Waals surface area (Å²) in [5.74, 6) is -1.21. The molecule has 0 radical (unpaired) electrons. The molecule has 1 unspecified atom stereocenters. The van der Waals surface area contributed by atoms with Gasteiger partial charge in [-0.2, -0.15) is 0 Å². The number of nitrogens with zero attached hydrogens (tertiary/aromatic N) is 1. The molecule has 1 fully saturated rings. The third-order valence-electron chi connectivity index (χ3n) is 3.57. The van der Waals surface area contributed by atoms with Crippen molar-refractivity contribution in [1.82, 2.24) is 4.90 Å². The zero-order valence-corrected chi connectivity index (χ0v) is 13.6. The van der Waals surface area contributed by atoms with Gasteiger partial charge in [0.15, 0.2) is 11.5 Å². The van der Waals surface area contributed by atoms with E-state index in [9.17, 15) is 14.0 Å². The summed E-state index contributed by atoms with van der Waals surface area (Å²) in [7, 11) is 2.90. The van der Waals surface area contributed by atoms with Crippen LogP contribution in [0, 0.1) is 0 Å². The predicted octanol–water partition coefficient (Wildman–Crippen LogP) is 2.11. The molecule has 1 aromatic carbocycles. The molecule has 0 spiro atoms. The average molecular weight is 376 g/mol. The van der Waals surface area contributed by atoms with E-state index in [1.807, 2.05) is 0 Å². The highest BCUT2D eigenvalue weighted by molar-refractivity contribution is 9.10. The van der Waals surface area contributed by atoms with Crippen LogP contribution in [0.25, 0.3) is 0 Å². The molecular weight excluding hydrogens is 361 g/mol. The summed E-state index contributed by atoms with van der Waals surface area (Å²) >= 11 is 3.28. The van der Waals surface area contributed by atoms with Gasteiger partial charge in [-0.05, 0) is 28.1 Å². The number of alkyl halides is 1. The van der Waals surface area contributed by atoms with Gasteiger partial charge in [-0.3, -0.25) is 4.79 Å². The van der Waals surface area contributed by atoms with Crippen molar-refractivity contribution in [1.29, 1.82) is 0 Å². The summed E-state index contributed by atoms with van der Waals surface area (Å²) in [6.45, 7) is -0.416. The predicted molar refractivity (Wildman–Crippen MR) is 79.2 cm³/mol. The van der Waals surface area contributed by atoms with E-state index in [1.54, 1.807) is 0 Å². The number of methoxy groups -OCH3 is 2. The first kappa shape index (κ1) is 16.5. The summed E-state index contributed by atoms with van der Waals surface area (Å²) in [6.07, 6.45) is -0.220. The van der Waals surface area contributed by atoms with Gasteiger partial charge in [0.2, 0.25) is 5.67 Å². The van der Waals surface area contributed by atoms with Gasteiger partial charge < -0.3 is 19.5 Å². The molecule has 1 saturated heterocycles. The van der Waals surface area contributed by atoms with Gasteiger partial charge in [0.25, 0.3) is 5.91 Å². The van der Waals surface area contributed by atoms with Gasteiger partial charge in [-0.1, -0.05) is 0 Å². The number of carboxylic acid groups (broad SMARTS) is 1. The zero-order chi connectivity index (χ0) is 16.5. The fourth-order valence-electron chi connectivity index (χ4n) is 2.34. The topological polar surface area (TPSA) is 76.1 Å². The van der Waals surface area contributed by atoms with E-state index in [2.05, 4.69) is 15.9 Å². The van der Waals surface area contributed by atoms with E-state index in [0.717, 1.165) is 0 Å². The lowest BCUT2D eigenvalue weighted by Gasteiger charge is -2.19. The molecule has 1 heterocycles. The molecule has 1 aromatic rings. The lowest BCUT2D eigenvalue weighted by atomic mass is 10.1. The third kappa shape index (κ3) is 2.87. The Morgan fingerprint density at radius 1 is 1.36 bits per heavy atom. The lowest BCUT2D eigenvalue weighted by molar-refractivity contribution is -0.149. The van der Waals surface area contributed by atoms with E-state index in [0.29, 0.717) is 16.0 Å². The Labute approximate surface area is 134 Å². The van der Waals surface area contributed by atoms with Crippen molar-refractivity contribution in [2.24, 2.45) is 0 Å². The summed E-state index contributed by atoms with van der Waals surface area (Å²) < 4.78 is 24.9.